The number of carboxylic acid groups (broad SMARTS) is 1. The van der Waals surface area contributed by atoms with Crippen molar-refractivity contribution in [1.29, 1.82) is 0 Å². The van der Waals surface area contributed by atoms with Gasteiger partial charge in [0.05, 0.1) is 32.5 Å². The normalized spacial score (nSPS) is 22.8. The van der Waals surface area contributed by atoms with E-state index in [1.807, 2.05) is 24.3 Å². The van der Waals surface area contributed by atoms with Crippen LogP contribution in [-0.4, -0.2) is 61.0 Å². The summed E-state index contributed by atoms with van der Waals surface area (Å²) in [6.07, 6.45) is 10.5. The number of carboxylic acids is 1. The number of carbonyl (C=O) groups is 1. The van der Waals surface area contributed by atoms with Gasteiger partial charge in [-0.2, -0.15) is 0 Å². The van der Waals surface area contributed by atoms with Gasteiger partial charge >= 0.3 is 5.97 Å². The summed E-state index contributed by atoms with van der Waals surface area (Å²) in [5.74, 6) is 0.0859. The Hall–Kier alpha value is -2.67. The highest BCUT2D eigenvalue weighted by Crippen LogP contribution is 2.32. The smallest absolute Gasteiger partial charge is 0.303 e. The molecule has 0 aromatic heterocycles. The topological polar surface area (TPSA) is 68.2 Å². The first-order valence-electron chi connectivity index (χ1n) is 13.2. The number of rotatable bonds is 12. The largest absolute Gasteiger partial charge is 0.497 e. The second-order valence-corrected chi connectivity index (χ2v) is 9.72. The molecule has 2 aliphatic rings. The van der Waals surface area contributed by atoms with E-state index in [2.05, 4.69) is 41.3 Å². The van der Waals surface area contributed by atoms with Crippen LogP contribution in [0.5, 0.6) is 5.75 Å². The number of ether oxygens (including phenoxy) is 3. The van der Waals surface area contributed by atoms with Gasteiger partial charge in [-0.1, -0.05) is 55.0 Å². The Morgan fingerprint density at radius 3 is 2.31 bits per heavy atom. The SMILES string of the molecule is COc1ccc(-c2ccc(CO[C@H]3CC[C@H](N4CCCCC4)[C@H]3OCC=CCCC(=O)O)cc2)cc1. The van der Waals surface area contributed by atoms with E-state index < -0.39 is 5.97 Å². The summed E-state index contributed by atoms with van der Waals surface area (Å²) >= 11 is 0. The molecule has 194 valence electrons. The Kier molecular flexibility index (Phi) is 9.96. The van der Waals surface area contributed by atoms with Gasteiger partial charge in [0.1, 0.15) is 5.75 Å². The summed E-state index contributed by atoms with van der Waals surface area (Å²) < 4.78 is 18.1. The van der Waals surface area contributed by atoms with Crippen LogP contribution in [0.4, 0.5) is 0 Å². The number of hydrogen-bond acceptors (Lipinski definition) is 5. The number of likely N-dealkylation sites (tertiary alicyclic amines) is 1. The summed E-state index contributed by atoms with van der Waals surface area (Å²) in [6.45, 7) is 3.33. The predicted octanol–water partition coefficient (Wildman–Crippen LogP) is 5.70. The third kappa shape index (κ3) is 7.42. The molecule has 3 atom stereocenters. The highest BCUT2D eigenvalue weighted by atomic mass is 16.5. The van der Waals surface area contributed by atoms with Crippen molar-refractivity contribution in [2.45, 2.75) is 69.8 Å². The first kappa shape index (κ1) is 26.4. The Bertz CT molecular complexity index is 966. The minimum Gasteiger partial charge on any atom is -0.497 e. The molecule has 1 saturated carbocycles. The zero-order valence-electron chi connectivity index (χ0n) is 21.3. The number of methoxy groups -OCH3 is 1. The molecule has 4 rings (SSSR count). The molecule has 6 nitrogen and oxygen atoms in total. The number of piperidine rings is 1. The first-order valence-corrected chi connectivity index (χ1v) is 13.2. The lowest BCUT2D eigenvalue weighted by Gasteiger charge is -2.36. The van der Waals surface area contributed by atoms with Crippen LogP contribution in [0.1, 0.15) is 50.5 Å². The number of benzene rings is 2. The standard InChI is InChI=1S/C30H39NO5/c1-34-26-15-13-25(14-16-26)24-11-9-23(10-12-24)22-36-28-18-17-27(31-19-5-3-6-20-31)30(28)35-21-7-2-4-8-29(32)33/h2,7,9-16,27-28,30H,3-6,8,17-22H2,1H3,(H,32,33)/t27-,28-,30+/m0/s1. The van der Waals surface area contributed by atoms with Crippen molar-refractivity contribution in [1.82, 2.24) is 4.90 Å². The van der Waals surface area contributed by atoms with Crippen molar-refractivity contribution in [2.24, 2.45) is 0 Å². The van der Waals surface area contributed by atoms with E-state index in [1.165, 1.54) is 24.8 Å². The van der Waals surface area contributed by atoms with Crippen LogP contribution >= 0.6 is 0 Å². The van der Waals surface area contributed by atoms with Crippen LogP contribution in [0.25, 0.3) is 11.1 Å². The molecule has 2 aromatic rings. The van der Waals surface area contributed by atoms with E-state index in [9.17, 15) is 4.79 Å². The van der Waals surface area contributed by atoms with Crippen LogP contribution in [-0.2, 0) is 20.9 Å². The van der Waals surface area contributed by atoms with E-state index in [4.69, 9.17) is 19.3 Å². The number of allylic oxidation sites excluding steroid dienone is 1. The molecule has 1 aliphatic carbocycles. The molecule has 0 bridgehead atoms. The molecule has 1 heterocycles. The highest BCUT2D eigenvalue weighted by Gasteiger charge is 2.41. The molecular formula is C30H39NO5. The summed E-state index contributed by atoms with van der Waals surface area (Å²) in [5.41, 5.74) is 3.48. The lowest BCUT2D eigenvalue weighted by molar-refractivity contribution is -0.136. The second kappa shape index (κ2) is 13.6. The van der Waals surface area contributed by atoms with E-state index in [1.54, 1.807) is 7.11 Å². The molecule has 0 spiro atoms. The average molecular weight is 494 g/mol. The van der Waals surface area contributed by atoms with E-state index in [0.717, 1.165) is 42.8 Å². The Labute approximate surface area is 214 Å². The molecule has 0 amide bonds. The van der Waals surface area contributed by atoms with Gasteiger partial charge in [-0.3, -0.25) is 9.69 Å². The summed E-state index contributed by atoms with van der Waals surface area (Å²) in [6, 6.07) is 17.0. The van der Waals surface area contributed by atoms with E-state index >= 15 is 0 Å². The molecule has 1 saturated heterocycles. The van der Waals surface area contributed by atoms with Gasteiger partial charge in [-0.25, -0.2) is 0 Å². The second-order valence-electron chi connectivity index (χ2n) is 9.72. The van der Waals surface area contributed by atoms with Gasteiger partial charge in [0.2, 0.25) is 0 Å². The Balaban J connectivity index is 1.34. The van der Waals surface area contributed by atoms with Gasteiger partial charge in [0.15, 0.2) is 0 Å². The molecule has 36 heavy (non-hydrogen) atoms. The van der Waals surface area contributed by atoms with Gasteiger partial charge < -0.3 is 19.3 Å². The van der Waals surface area contributed by atoms with Gasteiger partial charge in [0, 0.05) is 12.5 Å². The quantitative estimate of drug-likeness (QED) is 0.383. The van der Waals surface area contributed by atoms with E-state index in [0.29, 0.717) is 25.7 Å². The van der Waals surface area contributed by atoms with Gasteiger partial charge in [-0.15, -0.1) is 0 Å². The van der Waals surface area contributed by atoms with Crippen LogP contribution in [0.2, 0.25) is 0 Å². The zero-order chi connectivity index (χ0) is 25.2. The van der Waals surface area contributed by atoms with Crippen LogP contribution in [0, 0.1) is 0 Å². The van der Waals surface area contributed by atoms with Crippen molar-refractivity contribution in [3.63, 3.8) is 0 Å². The molecule has 0 radical (unpaired) electrons. The lowest BCUT2D eigenvalue weighted by Crippen LogP contribution is -2.47. The van der Waals surface area contributed by atoms with E-state index in [-0.39, 0.29) is 18.6 Å². The minimum atomic E-state index is -0.771. The fourth-order valence-corrected chi connectivity index (χ4v) is 5.29. The predicted molar refractivity (Wildman–Crippen MR) is 141 cm³/mol. The van der Waals surface area contributed by atoms with Crippen molar-refractivity contribution < 1.29 is 24.1 Å². The maximum atomic E-state index is 10.7. The number of aliphatic carboxylic acids is 1. The fraction of sp³-hybridized carbons (Fsp3) is 0.500. The zero-order valence-corrected chi connectivity index (χ0v) is 21.3. The molecule has 2 aromatic carbocycles. The molecular weight excluding hydrogens is 454 g/mol. The van der Waals surface area contributed by atoms with Crippen molar-refractivity contribution in [3.8, 4) is 16.9 Å². The monoisotopic (exact) mass is 493 g/mol. The van der Waals surface area contributed by atoms with Gasteiger partial charge in [0.25, 0.3) is 0 Å². The third-order valence-electron chi connectivity index (χ3n) is 7.27. The van der Waals surface area contributed by atoms with Crippen LogP contribution in [0.3, 0.4) is 0 Å². The average Bonchev–Trinajstić information content (AvgIpc) is 3.32. The fourth-order valence-electron chi connectivity index (χ4n) is 5.29. The third-order valence-corrected chi connectivity index (χ3v) is 7.27. The summed E-state index contributed by atoms with van der Waals surface area (Å²) in [7, 11) is 1.68. The Morgan fingerprint density at radius 2 is 1.64 bits per heavy atom. The molecule has 1 aliphatic heterocycles. The maximum Gasteiger partial charge on any atom is 0.303 e. The lowest BCUT2D eigenvalue weighted by atomic mass is 10.0. The molecule has 1 N–H and O–H groups in total. The summed E-state index contributed by atoms with van der Waals surface area (Å²) in [4.78, 5) is 13.3. The van der Waals surface area contributed by atoms with Crippen LogP contribution < -0.4 is 4.74 Å². The van der Waals surface area contributed by atoms with Crippen molar-refractivity contribution in [3.05, 3.63) is 66.2 Å². The molecule has 0 unspecified atom stereocenters. The van der Waals surface area contributed by atoms with Gasteiger partial charge in [-0.05, 0) is 74.0 Å². The molecule has 6 heteroatoms. The molecule has 2 fully saturated rings. The number of nitrogens with zero attached hydrogens (tertiary/aromatic N) is 1. The summed E-state index contributed by atoms with van der Waals surface area (Å²) in [5, 5.41) is 8.81. The Morgan fingerprint density at radius 1 is 0.944 bits per heavy atom. The number of hydrogen-bond donors (Lipinski definition) is 1. The van der Waals surface area contributed by atoms with Crippen LogP contribution in [0.15, 0.2) is 60.7 Å². The van der Waals surface area contributed by atoms with Crippen molar-refractivity contribution >= 4 is 5.97 Å². The van der Waals surface area contributed by atoms with Crippen molar-refractivity contribution in [2.75, 3.05) is 26.8 Å². The maximum absolute atomic E-state index is 10.7. The highest BCUT2D eigenvalue weighted by molar-refractivity contribution is 5.66. The minimum absolute atomic E-state index is 0.0331. The first-order chi connectivity index (χ1) is 17.6.